The summed E-state index contributed by atoms with van der Waals surface area (Å²) in [4.78, 5) is 20.1. The summed E-state index contributed by atoms with van der Waals surface area (Å²) in [5, 5.41) is 8.03. The highest BCUT2D eigenvalue weighted by atomic mass is 19.4. The minimum absolute atomic E-state index is 0.404. The Balaban J connectivity index is 3.88. The molecule has 0 aliphatic rings. The highest BCUT2D eigenvalue weighted by Gasteiger charge is 2.32. The molecule has 0 aromatic heterocycles. The fourth-order valence-corrected chi connectivity index (χ4v) is 0.404. The number of alkyl halides is 3. The zero-order valence-electron chi connectivity index (χ0n) is 6.17. The Morgan fingerprint density at radius 1 is 1.38 bits per heavy atom. The zero-order chi connectivity index (χ0) is 10.5. The van der Waals surface area contributed by atoms with Gasteiger partial charge in [-0.05, 0) is 0 Å². The number of ether oxygens (including phenoxy) is 1. The van der Waals surface area contributed by atoms with E-state index in [4.69, 9.17) is 5.11 Å². The van der Waals surface area contributed by atoms with Gasteiger partial charge in [-0.15, -0.1) is 13.2 Å². The van der Waals surface area contributed by atoms with Gasteiger partial charge in [-0.3, -0.25) is 4.79 Å². The smallest absolute Gasteiger partial charge is 0.481 e. The Labute approximate surface area is 70.6 Å². The second-order valence-electron chi connectivity index (χ2n) is 1.87. The summed E-state index contributed by atoms with van der Waals surface area (Å²) in [5.74, 6) is -2.90. The number of carbonyl (C=O) groups excluding carboxylic acids is 1. The number of carbonyl (C=O) groups is 2. The lowest BCUT2D eigenvalue weighted by Gasteiger charge is -2.03. The molecule has 0 amide bonds. The van der Waals surface area contributed by atoms with E-state index >= 15 is 0 Å². The molecule has 0 heterocycles. The van der Waals surface area contributed by atoms with Crippen molar-refractivity contribution in [3.05, 3.63) is 12.2 Å². The summed E-state index contributed by atoms with van der Waals surface area (Å²) in [6.45, 7) is 0. The molecule has 0 fully saturated rings. The van der Waals surface area contributed by atoms with Gasteiger partial charge in [-0.1, -0.05) is 6.08 Å². The molecule has 13 heavy (non-hydrogen) atoms. The Morgan fingerprint density at radius 3 is 2.31 bits per heavy atom. The minimum Gasteiger partial charge on any atom is -0.481 e. The minimum atomic E-state index is -5.04. The summed E-state index contributed by atoms with van der Waals surface area (Å²) < 4.78 is 36.8. The molecule has 0 unspecified atom stereocenters. The van der Waals surface area contributed by atoms with Crippen LogP contribution in [0.4, 0.5) is 13.2 Å². The van der Waals surface area contributed by atoms with E-state index in [0.29, 0.717) is 6.08 Å². The van der Waals surface area contributed by atoms with E-state index in [1.807, 2.05) is 0 Å². The Morgan fingerprint density at radius 2 is 1.92 bits per heavy atom. The van der Waals surface area contributed by atoms with Crippen LogP contribution in [-0.2, 0) is 14.3 Å². The molecule has 0 spiro atoms. The maximum Gasteiger partial charge on any atom is 0.575 e. The van der Waals surface area contributed by atoms with Crippen molar-refractivity contribution >= 4 is 11.9 Å². The van der Waals surface area contributed by atoms with Gasteiger partial charge in [-0.2, -0.15) is 0 Å². The molecule has 0 rings (SSSR count). The lowest BCUT2D eigenvalue weighted by Crippen LogP contribution is -2.17. The van der Waals surface area contributed by atoms with Crippen molar-refractivity contribution in [3.8, 4) is 0 Å². The molecule has 0 aromatic carbocycles. The Hall–Kier alpha value is -1.53. The van der Waals surface area contributed by atoms with Gasteiger partial charge >= 0.3 is 18.3 Å². The van der Waals surface area contributed by atoms with Gasteiger partial charge in [0.2, 0.25) is 0 Å². The number of esters is 1. The zero-order valence-corrected chi connectivity index (χ0v) is 6.17. The molecule has 0 aliphatic carbocycles. The van der Waals surface area contributed by atoms with E-state index in [9.17, 15) is 22.8 Å². The highest BCUT2D eigenvalue weighted by Crippen LogP contribution is 2.16. The Bertz CT molecular complexity index is 231. The van der Waals surface area contributed by atoms with Crippen LogP contribution < -0.4 is 0 Å². The molecule has 0 radical (unpaired) electrons. The third kappa shape index (κ3) is 8.38. The third-order valence-corrected chi connectivity index (χ3v) is 0.763. The predicted molar refractivity (Wildman–Crippen MR) is 33.5 cm³/mol. The molecule has 1 N–H and O–H groups in total. The van der Waals surface area contributed by atoms with Crippen LogP contribution in [0.5, 0.6) is 0 Å². The number of hydrogen-bond acceptors (Lipinski definition) is 3. The molecule has 0 aliphatic heterocycles. The van der Waals surface area contributed by atoms with Gasteiger partial charge in [0.25, 0.3) is 0 Å². The van der Waals surface area contributed by atoms with Crippen molar-refractivity contribution < 1.29 is 32.6 Å². The number of carboxylic acid groups (broad SMARTS) is 1. The summed E-state index contributed by atoms with van der Waals surface area (Å²) >= 11 is 0. The average Bonchev–Trinajstić information content (AvgIpc) is 1.81. The highest BCUT2D eigenvalue weighted by molar-refractivity contribution is 5.83. The standard InChI is InChI=1S/C6H5F3O4/c7-6(8,9)13-5(12)3-1-2-4(10)11/h1,3H,2H2,(H,10,11). The molecule has 7 heteroatoms. The van der Waals surface area contributed by atoms with Gasteiger partial charge < -0.3 is 9.84 Å². The van der Waals surface area contributed by atoms with E-state index in [1.165, 1.54) is 0 Å². The fraction of sp³-hybridized carbons (Fsp3) is 0.333. The van der Waals surface area contributed by atoms with Crippen molar-refractivity contribution in [2.75, 3.05) is 0 Å². The van der Waals surface area contributed by atoms with Crippen LogP contribution in [0.15, 0.2) is 12.2 Å². The van der Waals surface area contributed by atoms with Crippen LogP contribution >= 0.6 is 0 Å². The first kappa shape index (κ1) is 11.5. The number of halogens is 3. The van der Waals surface area contributed by atoms with Crippen molar-refractivity contribution in [1.82, 2.24) is 0 Å². The Kier molecular flexibility index (Phi) is 3.96. The lowest BCUT2D eigenvalue weighted by atomic mass is 10.4. The molecule has 4 nitrogen and oxygen atoms in total. The largest absolute Gasteiger partial charge is 0.575 e. The molecule has 0 saturated carbocycles. The monoisotopic (exact) mass is 198 g/mol. The normalized spacial score (nSPS) is 11.6. The van der Waals surface area contributed by atoms with Crippen LogP contribution in [0.2, 0.25) is 0 Å². The molecular formula is C6H5F3O4. The summed E-state index contributed by atoms with van der Waals surface area (Å²) in [7, 11) is 0. The first-order valence-corrected chi connectivity index (χ1v) is 2.99. The first-order valence-electron chi connectivity index (χ1n) is 2.99. The number of aliphatic carboxylic acids is 1. The summed E-state index contributed by atoms with van der Waals surface area (Å²) in [5.41, 5.74) is 0. The molecule has 0 aromatic rings. The van der Waals surface area contributed by atoms with E-state index in [-0.39, 0.29) is 0 Å². The SMILES string of the molecule is O=C(O)CC=CC(=O)OC(F)(F)F. The second-order valence-corrected chi connectivity index (χ2v) is 1.87. The van der Waals surface area contributed by atoms with E-state index in [0.717, 1.165) is 6.08 Å². The van der Waals surface area contributed by atoms with Crippen molar-refractivity contribution in [2.24, 2.45) is 0 Å². The molecular weight excluding hydrogens is 193 g/mol. The van der Waals surface area contributed by atoms with Gasteiger partial charge in [0.1, 0.15) is 0 Å². The summed E-state index contributed by atoms with van der Waals surface area (Å²) in [6, 6.07) is 0. The van der Waals surface area contributed by atoms with Crippen LogP contribution in [-0.4, -0.2) is 23.4 Å². The second kappa shape index (κ2) is 4.48. The van der Waals surface area contributed by atoms with Crippen molar-refractivity contribution in [2.45, 2.75) is 12.8 Å². The maximum absolute atomic E-state index is 11.3. The van der Waals surface area contributed by atoms with Crippen molar-refractivity contribution in [3.63, 3.8) is 0 Å². The van der Waals surface area contributed by atoms with Crippen LogP contribution in [0.25, 0.3) is 0 Å². The third-order valence-electron chi connectivity index (χ3n) is 0.763. The number of rotatable bonds is 3. The number of carboxylic acids is 1. The van der Waals surface area contributed by atoms with Gasteiger partial charge in [-0.25, -0.2) is 4.79 Å². The van der Waals surface area contributed by atoms with Crippen LogP contribution in [0.3, 0.4) is 0 Å². The van der Waals surface area contributed by atoms with Gasteiger partial charge in [0.05, 0.1) is 6.42 Å². The van der Waals surface area contributed by atoms with E-state index in [1.54, 1.807) is 0 Å². The molecule has 74 valence electrons. The summed E-state index contributed by atoms with van der Waals surface area (Å²) in [6.07, 6.45) is -4.41. The van der Waals surface area contributed by atoms with Crippen LogP contribution in [0, 0.1) is 0 Å². The molecule has 0 saturated heterocycles. The van der Waals surface area contributed by atoms with E-state index in [2.05, 4.69) is 4.74 Å². The first-order chi connectivity index (χ1) is 5.81. The lowest BCUT2D eigenvalue weighted by molar-refractivity contribution is -0.302. The maximum atomic E-state index is 11.3. The van der Waals surface area contributed by atoms with Gasteiger partial charge in [0.15, 0.2) is 0 Å². The molecule has 0 bridgehead atoms. The van der Waals surface area contributed by atoms with Crippen LogP contribution in [0.1, 0.15) is 6.42 Å². The average molecular weight is 198 g/mol. The van der Waals surface area contributed by atoms with Gasteiger partial charge in [0, 0.05) is 6.08 Å². The molecule has 0 atom stereocenters. The predicted octanol–water partition coefficient (Wildman–Crippen LogP) is 1.08. The quantitative estimate of drug-likeness (QED) is 0.544. The number of hydrogen-bond donors (Lipinski definition) is 1. The van der Waals surface area contributed by atoms with Crippen molar-refractivity contribution in [1.29, 1.82) is 0 Å². The topological polar surface area (TPSA) is 63.6 Å². The van der Waals surface area contributed by atoms with E-state index < -0.39 is 24.7 Å². The fourth-order valence-electron chi connectivity index (χ4n) is 0.404.